The summed E-state index contributed by atoms with van der Waals surface area (Å²) in [6.45, 7) is 1.69. The molecule has 8 heteroatoms. The standard InChI is InChI=1S/C18H13Cl2N3O2S/c1-10-15(16(24)22-13-6-2-11(19)3-7-13)26-18(21-10)17(25)23-14-8-4-12(20)5-9-14/h2-9H,1H3,(H,22,24)(H,23,25). The molecule has 5 nitrogen and oxygen atoms in total. The predicted molar refractivity (Wildman–Crippen MR) is 106 cm³/mol. The Morgan fingerprint density at radius 1 is 0.846 bits per heavy atom. The van der Waals surface area contributed by atoms with Gasteiger partial charge in [0.25, 0.3) is 11.8 Å². The third-order valence-corrected chi connectivity index (χ3v) is 5.06. The lowest BCUT2D eigenvalue weighted by Crippen LogP contribution is -2.11. The maximum atomic E-state index is 12.4. The highest BCUT2D eigenvalue weighted by atomic mass is 35.5. The summed E-state index contributed by atoms with van der Waals surface area (Å²) in [4.78, 5) is 29.3. The molecule has 2 aromatic carbocycles. The van der Waals surface area contributed by atoms with Crippen molar-refractivity contribution in [3.05, 3.63) is 74.2 Å². The van der Waals surface area contributed by atoms with Gasteiger partial charge in [0.2, 0.25) is 0 Å². The number of nitrogens with one attached hydrogen (secondary N) is 2. The van der Waals surface area contributed by atoms with E-state index in [1.165, 1.54) is 0 Å². The largest absolute Gasteiger partial charge is 0.321 e. The number of benzene rings is 2. The number of hydrogen-bond donors (Lipinski definition) is 2. The SMILES string of the molecule is Cc1nc(C(=O)Nc2ccc(Cl)cc2)sc1C(=O)Nc1ccc(Cl)cc1. The van der Waals surface area contributed by atoms with Crippen molar-refractivity contribution in [2.45, 2.75) is 6.92 Å². The Kier molecular flexibility index (Phi) is 5.56. The molecule has 0 aliphatic rings. The highest BCUT2D eigenvalue weighted by Crippen LogP contribution is 2.22. The number of aryl methyl sites for hydroxylation is 1. The second kappa shape index (κ2) is 7.86. The van der Waals surface area contributed by atoms with Crippen LogP contribution in [0.25, 0.3) is 0 Å². The molecule has 2 N–H and O–H groups in total. The fourth-order valence-electron chi connectivity index (χ4n) is 2.14. The first-order valence-corrected chi connectivity index (χ1v) is 9.11. The maximum absolute atomic E-state index is 12.4. The molecule has 0 radical (unpaired) electrons. The average molecular weight is 406 g/mol. The molecule has 0 bridgehead atoms. The van der Waals surface area contributed by atoms with E-state index in [-0.39, 0.29) is 16.8 Å². The number of anilines is 2. The van der Waals surface area contributed by atoms with Crippen LogP contribution in [0.1, 0.15) is 25.2 Å². The number of hydrogen-bond acceptors (Lipinski definition) is 4. The highest BCUT2D eigenvalue weighted by Gasteiger charge is 2.19. The Labute approximate surface area is 164 Å². The van der Waals surface area contributed by atoms with Gasteiger partial charge in [0.15, 0.2) is 5.01 Å². The molecular formula is C18H13Cl2N3O2S. The lowest BCUT2D eigenvalue weighted by molar-refractivity contribution is 0.102. The van der Waals surface area contributed by atoms with Crippen molar-refractivity contribution in [3.63, 3.8) is 0 Å². The quantitative estimate of drug-likeness (QED) is 0.621. The van der Waals surface area contributed by atoms with Crippen LogP contribution in [0.4, 0.5) is 11.4 Å². The summed E-state index contributed by atoms with van der Waals surface area (Å²) >= 11 is 12.7. The van der Waals surface area contributed by atoms with E-state index in [1.54, 1.807) is 55.5 Å². The smallest absolute Gasteiger partial charge is 0.284 e. The van der Waals surface area contributed by atoms with Crippen LogP contribution in [0.2, 0.25) is 10.0 Å². The van der Waals surface area contributed by atoms with E-state index in [4.69, 9.17) is 23.2 Å². The molecule has 132 valence electrons. The van der Waals surface area contributed by atoms with Crippen LogP contribution < -0.4 is 10.6 Å². The van der Waals surface area contributed by atoms with Crippen molar-refractivity contribution >= 4 is 57.7 Å². The molecule has 0 saturated carbocycles. The minimum Gasteiger partial charge on any atom is -0.321 e. The molecule has 1 aromatic heterocycles. The Bertz CT molecular complexity index is 954. The van der Waals surface area contributed by atoms with Gasteiger partial charge in [-0.15, -0.1) is 11.3 Å². The number of carbonyl (C=O) groups excluding carboxylic acids is 2. The fraction of sp³-hybridized carbons (Fsp3) is 0.0556. The molecule has 0 saturated heterocycles. The molecule has 0 aliphatic carbocycles. The average Bonchev–Trinajstić information content (AvgIpc) is 3.01. The van der Waals surface area contributed by atoms with Crippen molar-refractivity contribution in [2.75, 3.05) is 10.6 Å². The van der Waals surface area contributed by atoms with Crippen LogP contribution in [0.3, 0.4) is 0 Å². The number of rotatable bonds is 4. The maximum Gasteiger partial charge on any atom is 0.284 e. The highest BCUT2D eigenvalue weighted by molar-refractivity contribution is 7.15. The molecule has 3 rings (SSSR count). The fourth-order valence-corrected chi connectivity index (χ4v) is 3.25. The van der Waals surface area contributed by atoms with Crippen molar-refractivity contribution in [1.82, 2.24) is 4.98 Å². The second-order valence-corrected chi connectivity index (χ2v) is 7.23. The van der Waals surface area contributed by atoms with Crippen molar-refractivity contribution in [3.8, 4) is 0 Å². The van der Waals surface area contributed by atoms with Gasteiger partial charge in [0, 0.05) is 21.4 Å². The van der Waals surface area contributed by atoms with Gasteiger partial charge >= 0.3 is 0 Å². The molecule has 26 heavy (non-hydrogen) atoms. The minimum absolute atomic E-state index is 0.207. The number of halogens is 2. The van der Waals surface area contributed by atoms with Crippen LogP contribution in [-0.4, -0.2) is 16.8 Å². The first-order valence-electron chi connectivity index (χ1n) is 7.53. The number of nitrogens with zero attached hydrogens (tertiary/aromatic N) is 1. The summed E-state index contributed by atoms with van der Waals surface area (Å²) in [5.41, 5.74) is 1.70. The molecular weight excluding hydrogens is 393 g/mol. The van der Waals surface area contributed by atoms with Crippen LogP contribution in [-0.2, 0) is 0 Å². The molecule has 1 heterocycles. The zero-order chi connectivity index (χ0) is 18.7. The van der Waals surface area contributed by atoms with Gasteiger partial charge in [0.1, 0.15) is 4.88 Å². The Balaban J connectivity index is 1.73. The second-order valence-electron chi connectivity index (χ2n) is 5.36. The first kappa shape index (κ1) is 18.4. The van der Waals surface area contributed by atoms with Gasteiger partial charge < -0.3 is 10.6 Å². The Hall–Kier alpha value is -2.41. The Morgan fingerprint density at radius 3 is 1.81 bits per heavy atom. The van der Waals surface area contributed by atoms with E-state index in [1.807, 2.05) is 0 Å². The zero-order valence-electron chi connectivity index (χ0n) is 13.5. The summed E-state index contributed by atoms with van der Waals surface area (Å²) in [6, 6.07) is 13.5. The summed E-state index contributed by atoms with van der Waals surface area (Å²) in [7, 11) is 0. The van der Waals surface area contributed by atoms with Gasteiger partial charge in [-0.05, 0) is 55.5 Å². The van der Waals surface area contributed by atoms with E-state index in [0.29, 0.717) is 32.0 Å². The van der Waals surface area contributed by atoms with Crippen LogP contribution in [0.15, 0.2) is 48.5 Å². The third kappa shape index (κ3) is 4.40. The predicted octanol–water partition coefficient (Wildman–Crippen LogP) is 5.26. The van der Waals surface area contributed by atoms with E-state index < -0.39 is 0 Å². The third-order valence-electron chi connectivity index (χ3n) is 3.40. The molecule has 0 spiro atoms. The van der Waals surface area contributed by atoms with Gasteiger partial charge in [-0.2, -0.15) is 0 Å². The lowest BCUT2D eigenvalue weighted by Gasteiger charge is -2.03. The molecule has 0 unspecified atom stereocenters. The Morgan fingerprint density at radius 2 is 1.31 bits per heavy atom. The zero-order valence-corrected chi connectivity index (χ0v) is 15.9. The summed E-state index contributed by atoms with van der Waals surface area (Å²) in [5.74, 6) is -0.709. The summed E-state index contributed by atoms with van der Waals surface area (Å²) < 4.78 is 0. The topological polar surface area (TPSA) is 71.1 Å². The van der Waals surface area contributed by atoms with Gasteiger partial charge in [-0.1, -0.05) is 23.2 Å². The monoisotopic (exact) mass is 405 g/mol. The minimum atomic E-state index is -0.383. The van der Waals surface area contributed by atoms with Gasteiger partial charge in [0.05, 0.1) is 5.69 Å². The van der Waals surface area contributed by atoms with Crippen LogP contribution in [0, 0.1) is 6.92 Å². The van der Waals surface area contributed by atoms with Crippen LogP contribution in [0.5, 0.6) is 0 Å². The summed E-state index contributed by atoms with van der Waals surface area (Å²) in [6.07, 6.45) is 0. The summed E-state index contributed by atoms with van der Waals surface area (Å²) in [5, 5.41) is 6.85. The number of aromatic nitrogens is 1. The van der Waals surface area contributed by atoms with Crippen LogP contribution >= 0.6 is 34.5 Å². The molecule has 0 aliphatic heterocycles. The van der Waals surface area contributed by atoms with Crippen molar-refractivity contribution in [2.24, 2.45) is 0 Å². The van der Waals surface area contributed by atoms with Gasteiger partial charge in [-0.3, -0.25) is 9.59 Å². The normalized spacial score (nSPS) is 10.4. The molecule has 0 atom stereocenters. The van der Waals surface area contributed by atoms with Crippen molar-refractivity contribution < 1.29 is 9.59 Å². The number of amides is 2. The lowest BCUT2D eigenvalue weighted by atomic mass is 10.3. The van der Waals surface area contributed by atoms with Gasteiger partial charge in [-0.25, -0.2) is 4.98 Å². The van der Waals surface area contributed by atoms with E-state index in [9.17, 15) is 9.59 Å². The first-order chi connectivity index (χ1) is 12.4. The number of thiazole rings is 1. The number of carbonyl (C=O) groups is 2. The molecule has 3 aromatic rings. The molecule has 2 amide bonds. The molecule has 0 fully saturated rings. The van der Waals surface area contributed by atoms with E-state index in [0.717, 1.165) is 11.3 Å². The van der Waals surface area contributed by atoms with Crippen molar-refractivity contribution in [1.29, 1.82) is 0 Å². The van der Waals surface area contributed by atoms with E-state index in [2.05, 4.69) is 15.6 Å². The van der Waals surface area contributed by atoms with E-state index >= 15 is 0 Å².